The smallest absolute Gasteiger partial charge is 0.349 e. The predicted octanol–water partition coefficient (Wildman–Crippen LogP) is 3.79. The fourth-order valence-electron chi connectivity index (χ4n) is 1.33. The van der Waals surface area contributed by atoms with Crippen molar-refractivity contribution in [2.45, 2.75) is 6.92 Å². The van der Waals surface area contributed by atoms with Crippen LogP contribution in [-0.4, -0.2) is 14.9 Å². The van der Waals surface area contributed by atoms with Crippen LogP contribution in [0.25, 0.3) is 0 Å². The summed E-state index contributed by atoms with van der Waals surface area (Å²) in [5.74, 6) is 0.0111. The van der Waals surface area contributed by atoms with Gasteiger partial charge in [-0.25, -0.2) is 4.98 Å². The molecule has 1 aromatic carbocycles. The average Bonchev–Trinajstić information content (AvgIpc) is 2.33. The first kappa shape index (κ1) is 13.5. The first-order valence-corrected chi connectivity index (χ1v) is 5.84. The molecule has 0 amide bonds. The number of ether oxygens (including phenoxy) is 1. The Bertz CT molecular complexity index is 649. The highest BCUT2D eigenvalue weighted by atomic mass is 35.5. The van der Waals surface area contributed by atoms with Crippen molar-refractivity contribution in [2.24, 2.45) is 0 Å². The van der Waals surface area contributed by atoms with E-state index in [0.29, 0.717) is 5.02 Å². The Morgan fingerprint density at radius 1 is 1.37 bits per heavy atom. The molecular formula is C11H7Cl2N3O3. The average molecular weight is 300 g/mol. The van der Waals surface area contributed by atoms with Crippen molar-refractivity contribution in [2.75, 3.05) is 0 Å². The molecule has 0 spiro atoms. The van der Waals surface area contributed by atoms with Crippen LogP contribution in [0.15, 0.2) is 24.4 Å². The molecule has 0 N–H and O–H groups in total. The number of hydrogen-bond acceptors (Lipinski definition) is 5. The molecule has 2 aromatic rings. The van der Waals surface area contributed by atoms with Crippen molar-refractivity contribution < 1.29 is 9.66 Å². The van der Waals surface area contributed by atoms with Crippen molar-refractivity contribution in [3.8, 4) is 11.6 Å². The summed E-state index contributed by atoms with van der Waals surface area (Å²) in [6.07, 6.45) is 0.981. The normalized spacial score (nSPS) is 10.3. The molecule has 98 valence electrons. The topological polar surface area (TPSA) is 78.2 Å². The van der Waals surface area contributed by atoms with Gasteiger partial charge in [-0.15, -0.1) is 0 Å². The van der Waals surface area contributed by atoms with E-state index in [-0.39, 0.29) is 22.6 Å². The molecule has 0 atom stereocenters. The van der Waals surface area contributed by atoms with Crippen LogP contribution in [0.5, 0.6) is 11.6 Å². The van der Waals surface area contributed by atoms with Crippen LogP contribution in [0.1, 0.15) is 5.56 Å². The van der Waals surface area contributed by atoms with Gasteiger partial charge in [0.1, 0.15) is 11.9 Å². The van der Waals surface area contributed by atoms with E-state index in [1.807, 2.05) is 6.92 Å². The molecule has 6 nitrogen and oxygen atoms in total. The lowest BCUT2D eigenvalue weighted by Gasteiger charge is -2.07. The first-order chi connectivity index (χ1) is 8.97. The van der Waals surface area contributed by atoms with Gasteiger partial charge in [0.25, 0.3) is 0 Å². The molecule has 0 radical (unpaired) electrons. The highest BCUT2D eigenvalue weighted by Crippen LogP contribution is 2.33. The van der Waals surface area contributed by atoms with Gasteiger partial charge in [-0.1, -0.05) is 17.7 Å². The minimum absolute atomic E-state index is 0.149. The fourth-order valence-corrected chi connectivity index (χ4v) is 1.61. The molecule has 0 saturated carbocycles. The van der Waals surface area contributed by atoms with Gasteiger partial charge in [0.2, 0.25) is 5.28 Å². The molecule has 0 saturated heterocycles. The maximum atomic E-state index is 10.8. The Kier molecular flexibility index (Phi) is 3.82. The third-order valence-electron chi connectivity index (χ3n) is 2.20. The quantitative estimate of drug-likeness (QED) is 0.489. The first-order valence-electron chi connectivity index (χ1n) is 5.08. The molecule has 0 aliphatic carbocycles. The van der Waals surface area contributed by atoms with E-state index in [1.165, 1.54) is 0 Å². The summed E-state index contributed by atoms with van der Waals surface area (Å²) in [5, 5.41) is 11.0. The molecule has 0 unspecified atom stereocenters. The number of aromatic nitrogens is 2. The largest absolute Gasteiger partial charge is 0.432 e. The maximum absolute atomic E-state index is 10.8. The standard InChI is InChI=1S/C11H7Cl2N3O3/c1-6-2-3-7(12)9(4-6)19-10-8(16(17)18)5-14-11(13)15-10/h2-5H,1H3. The molecule has 0 bridgehead atoms. The van der Waals surface area contributed by atoms with E-state index in [9.17, 15) is 10.1 Å². The van der Waals surface area contributed by atoms with Crippen LogP contribution in [0.2, 0.25) is 10.3 Å². The van der Waals surface area contributed by atoms with Gasteiger partial charge in [-0.05, 0) is 36.2 Å². The van der Waals surface area contributed by atoms with Gasteiger partial charge in [-0.2, -0.15) is 4.98 Å². The Morgan fingerprint density at radius 3 is 2.79 bits per heavy atom. The van der Waals surface area contributed by atoms with Gasteiger partial charge in [0.15, 0.2) is 0 Å². The molecular weight excluding hydrogens is 293 g/mol. The molecule has 19 heavy (non-hydrogen) atoms. The van der Waals surface area contributed by atoms with E-state index >= 15 is 0 Å². The molecule has 2 rings (SSSR count). The summed E-state index contributed by atoms with van der Waals surface area (Å²) in [6, 6.07) is 5.06. The number of hydrogen-bond donors (Lipinski definition) is 0. The predicted molar refractivity (Wildman–Crippen MR) is 70.0 cm³/mol. The van der Waals surface area contributed by atoms with Crippen molar-refractivity contribution in [3.05, 3.63) is 50.4 Å². The van der Waals surface area contributed by atoms with Crippen molar-refractivity contribution in [3.63, 3.8) is 0 Å². The molecule has 0 fully saturated rings. The zero-order valence-electron chi connectivity index (χ0n) is 9.63. The Labute approximate surface area is 118 Å². The van der Waals surface area contributed by atoms with Crippen LogP contribution in [0.3, 0.4) is 0 Å². The van der Waals surface area contributed by atoms with E-state index in [2.05, 4.69) is 9.97 Å². The minimum Gasteiger partial charge on any atom is -0.432 e. The summed E-state index contributed by atoms with van der Waals surface area (Å²) < 4.78 is 5.35. The van der Waals surface area contributed by atoms with Crippen LogP contribution in [-0.2, 0) is 0 Å². The van der Waals surface area contributed by atoms with E-state index in [1.54, 1.807) is 18.2 Å². The molecule has 1 aromatic heterocycles. The monoisotopic (exact) mass is 299 g/mol. The summed E-state index contributed by atoms with van der Waals surface area (Å²) in [6.45, 7) is 1.84. The van der Waals surface area contributed by atoms with Gasteiger partial charge in [0.05, 0.1) is 9.95 Å². The van der Waals surface area contributed by atoms with E-state index in [4.69, 9.17) is 27.9 Å². The molecule has 1 heterocycles. The number of rotatable bonds is 3. The lowest BCUT2D eigenvalue weighted by Crippen LogP contribution is -1.98. The highest BCUT2D eigenvalue weighted by Gasteiger charge is 2.20. The SMILES string of the molecule is Cc1ccc(Cl)c(Oc2nc(Cl)ncc2[N+](=O)[O-])c1. The van der Waals surface area contributed by atoms with Crippen molar-refractivity contribution >= 4 is 28.9 Å². The zero-order valence-corrected chi connectivity index (χ0v) is 11.1. The fraction of sp³-hybridized carbons (Fsp3) is 0.0909. The summed E-state index contributed by atoms with van der Waals surface area (Å²) >= 11 is 11.5. The number of benzene rings is 1. The third-order valence-corrected chi connectivity index (χ3v) is 2.69. The number of nitrogens with zero attached hydrogens (tertiary/aromatic N) is 3. The summed E-state index contributed by atoms with van der Waals surface area (Å²) in [5.41, 5.74) is 0.504. The Balaban J connectivity index is 2.45. The Morgan fingerprint density at radius 2 is 2.11 bits per heavy atom. The second kappa shape index (κ2) is 5.38. The van der Waals surface area contributed by atoms with Gasteiger partial charge in [0, 0.05) is 0 Å². The van der Waals surface area contributed by atoms with E-state index in [0.717, 1.165) is 11.8 Å². The molecule has 0 aliphatic rings. The zero-order chi connectivity index (χ0) is 14.0. The van der Waals surface area contributed by atoms with Crippen molar-refractivity contribution in [1.82, 2.24) is 9.97 Å². The van der Waals surface area contributed by atoms with Crippen LogP contribution in [0, 0.1) is 17.0 Å². The van der Waals surface area contributed by atoms with Crippen LogP contribution < -0.4 is 4.74 Å². The van der Waals surface area contributed by atoms with Crippen molar-refractivity contribution in [1.29, 1.82) is 0 Å². The van der Waals surface area contributed by atoms with Gasteiger partial charge < -0.3 is 4.74 Å². The highest BCUT2D eigenvalue weighted by molar-refractivity contribution is 6.32. The van der Waals surface area contributed by atoms with E-state index < -0.39 is 4.92 Å². The molecule has 8 heteroatoms. The van der Waals surface area contributed by atoms with Crippen LogP contribution >= 0.6 is 23.2 Å². The van der Waals surface area contributed by atoms with Crippen LogP contribution in [0.4, 0.5) is 5.69 Å². The summed E-state index contributed by atoms with van der Waals surface area (Å²) in [7, 11) is 0. The minimum atomic E-state index is -0.657. The molecule has 0 aliphatic heterocycles. The summed E-state index contributed by atoms with van der Waals surface area (Å²) in [4.78, 5) is 17.4. The van der Waals surface area contributed by atoms with Gasteiger partial charge in [-0.3, -0.25) is 10.1 Å². The number of halogens is 2. The third kappa shape index (κ3) is 3.10. The lowest BCUT2D eigenvalue weighted by atomic mass is 10.2. The number of nitro groups is 1. The second-order valence-corrected chi connectivity index (χ2v) is 4.37. The second-order valence-electron chi connectivity index (χ2n) is 3.62. The Hall–Kier alpha value is -1.92. The maximum Gasteiger partial charge on any atom is 0.349 e. The van der Waals surface area contributed by atoms with Gasteiger partial charge >= 0.3 is 11.6 Å². The lowest BCUT2D eigenvalue weighted by molar-refractivity contribution is -0.386. The number of aryl methyl sites for hydroxylation is 1.